The second-order valence-corrected chi connectivity index (χ2v) is 4.18. The highest BCUT2D eigenvalue weighted by Gasteiger charge is 2.12. The van der Waals surface area contributed by atoms with E-state index in [1.165, 1.54) is 12.1 Å². The molecule has 0 spiro atoms. The maximum absolute atomic E-state index is 11.2. The van der Waals surface area contributed by atoms with Gasteiger partial charge in [0.25, 0.3) is 5.69 Å². The van der Waals surface area contributed by atoms with Crippen LogP contribution in [-0.2, 0) is 16.0 Å². The summed E-state index contributed by atoms with van der Waals surface area (Å²) in [5.74, 6) is -0.325. The Morgan fingerprint density at radius 2 is 2.25 bits per heavy atom. The fourth-order valence-electron chi connectivity index (χ4n) is 1.16. The highest BCUT2D eigenvalue weighted by Crippen LogP contribution is 2.20. The molecule has 0 aliphatic rings. The van der Waals surface area contributed by atoms with Crippen LogP contribution in [0.4, 0.5) is 5.69 Å². The van der Waals surface area contributed by atoms with Crippen LogP contribution in [0.3, 0.4) is 0 Å². The normalized spacial score (nSPS) is 9.88. The van der Waals surface area contributed by atoms with E-state index in [0.717, 1.165) is 5.56 Å². The van der Waals surface area contributed by atoms with Gasteiger partial charge in [0.1, 0.15) is 0 Å². The number of carbonyl (C=O) groups is 1. The second-order valence-electron chi connectivity index (χ2n) is 3.01. The molecule has 0 aliphatic carbocycles. The predicted octanol–water partition coefficient (Wildman–Crippen LogP) is 2.31. The number of carbonyl (C=O) groups excluding carboxylic acids is 1. The topological polar surface area (TPSA) is 69.4 Å². The molecule has 0 amide bonds. The molecule has 0 bridgehead atoms. The number of nitrogens with zero attached hydrogens (tertiary/aromatic N) is 1. The smallest absolute Gasteiger partial charge is 0.310 e. The zero-order valence-electron chi connectivity index (χ0n) is 8.60. The maximum atomic E-state index is 11.2. The first-order valence-electron chi connectivity index (χ1n) is 4.63. The Kier molecular flexibility index (Phi) is 4.66. The summed E-state index contributed by atoms with van der Waals surface area (Å²) in [6, 6.07) is 4.41. The molecule has 0 atom stereocenters. The van der Waals surface area contributed by atoms with Crippen LogP contribution in [-0.4, -0.2) is 17.5 Å². The Labute approximate surface area is 106 Å². The number of ether oxygens (including phenoxy) is 1. The van der Waals surface area contributed by atoms with Crippen LogP contribution in [0.2, 0.25) is 0 Å². The van der Waals surface area contributed by atoms with Crippen LogP contribution in [0, 0.1) is 13.7 Å². The summed E-state index contributed by atoms with van der Waals surface area (Å²) in [6.07, 6.45) is 0.143. The van der Waals surface area contributed by atoms with E-state index in [9.17, 15) is 14.9 Å². The summed E-state index contributed by atoms with van der Waals surface area (Å²) in [5, 5.41) is 10.5. The van der Waals surface area contributed by atoms with E-state index < -0.39 is 4.92 Å². The van der Waals surface area contributed by atoms with Crippen molar-refractivity contribution in [1.82, 2.24) is 0 Å². The largest absolute Gasteiger partial charge is 0.466 e. The minimum atomic E-state index is -0.462. The monoisotopic (exact) mass is 335 g/mol. The van der Waals surface area contributed by atoms with E-state index in [2.05, 4.69) is 0 Å². The number of hydrogen-bond acceptors (Lipinski definition) is 4. The molecule has 0 saturated carbocycles. The zero-order valence-corrected chi connectivity index (χ0v) is 10.8. The number of non-ortho nitro benzene ring substituents is 1. The lowest BCUT2D eigenvalue weighted by molar-refractivity contribution is -0.385. The summed E-state index contributed by atoms with van der Waals surface area (Å²) < 4.78 is 5.50. The van der Waals surface area contributed by atoms with Crippen molar-refractivity contribution in [2.75, 3.05) is 6.61 Å². The van der Waals surface area contributed by atoms with Crippen molar-refractivity contribution in [2.24, 2.45) is 0 Å². The minimum Gasteiger partial charge on any atom is -0.466 e. The molecular formula is C10H10INO4. The van der Waals surface area contributed by atoms with Gasteiger partial charge in [0.15, 0.2) is 0 Å². The molecule has 6 heteroatoms. The number of esters is 1. The van der Waals surface area contributed by atoms with Crippen LogP contribution in [0.5, 0.6) is 0 Å². The van der Waals surface area contributed by atoms with Gasteiger partial charge in [-0.05, 0) is 35.1 Å². The van der Waals surface area contributed by atoms with E-state index in [4.69, 9.17) is 4.74 Å². The molecular weight excluding hydrogens is 325 g/mol. The van der Waals surface area contributed by atoms with Gasteiger partial charge in [-0.3, -0.25) is 14.9 Å². The average Bonchev–Trinajstić information content (AvgIpc) is 2.21. The van der Waals surface area contributed by atoms with Crippen LogP contribution < -0.4 is 0 Å². The molecule has 16 heavy (non-hydrogen) atoms. The Hall–Kier alpha value is -1.18. The third kappa shape index (κ3) is 3.44. The number of halogens is 1. The van der Waals surface area contributed by atoms with Crippen LogP contribution >= 0.6 is 22.6 Å². The summed E-state index contributed by atoms with van der Waals surface area (Å²) in [7, 11) is 0. The second kappa shape index (κ2) is 5.78. The Morgan fingerprint density at radius 3 is 2.75 bits per heavy atom. The van der Waals surface area contributed by atoms with Gasteiger partial charge in [0, 0.05) is 15.7 Å². The lowest BCUT2D eigenvalue weighted by atomic mass is 10.1. The molecule has 0 saturated heterocycles. The molecule has 0 radical (unpaired) electrons. The average molecular weight is 335 g/mol. The number of nitro benzene ring substituents is 1. The molecule has 0 N–H and O–H groups in total. The third-order valence-corrected chi connectivity index (χ3v) is 2.89. The van der Waals surface area contributed by atoms with Gasteiger partial charge in [-0.1, -0.05) is 6.07 Å². The van der Waals surface area contributed by atoms with Gasteiger partial charge >= 0.3 is 5.97 Å². The summed E-state index contributed by atoms with van der Waals surface area (Å²) in [4.78, 5) is 21.3. The zero-order chi connectivity index (χ0) is 12.1. The number of benzene rings is 1. The Bertz CT molecular complexity index is 419. The minimum absolute atomic E-state index is 0.0250. The summed E-state index contributed by atoms with van der Waals surface area (Å²) >= 11 is 1.97. The van der Waals surface area contributed by atoms with Gasteiger partial charge in [-0.2, -0.15) is 0 Å². The molecule has 1 rings (SSSR count). The van der Waals surface area contributed by atoms with Gasteiger partial charge in [-0.25, -0.2) is 0 Å². The first kappa shape index (κ1) is 12.9. The van der Waals surface area contributed by atoms with Crippen LogP contribution in [0.1, 0.15) is 12.5 Å². The highest BCUT2D eigenvalue weighted by molar-refractivity contribution is 14.1. The summed E-state index contributed by atoms with van der Waals surface area (Å²) in [6.45, 7) is 2.07. The number of hydrogen-bond donors (Lipinski definition) is 0. The molecule has 0 aromatic heterocycles. The Balaban J connectivity index is 2.83. The first-order chi connectivity index (χ1) is 7.54. The lowest BCUT2D eigenvalue weighted by Gasteiger charge is -2.04. The maximum Gasteiger partial charge on any atom is 0.310 e. The van der Waals surface area contributed by atoms with Gasteiger partial charge in [0.2, 0.25) is 0 Å². The van der Waals surface area contributed by atoms with Crippen molar-refractivity contribution in [3.05, 3.63) is 37.4 Å². The molecule has 0 unspecified atom stereocenters. The van der Waals surface area contributed by atoms with E-state index in [1.54, 1.807) is 13.0 Å². The fourth-order valence-corrected chi connectivity index (χ4v) is 1.85. The Morgan fingerprint density at radius 1 is 1.56 bits per heavy atom. The highest BCUT2D eigenvalue weighted by atomic mass is 127. The van der Waals surface area contributed by atoms with Crippen molar-refractivity contribution in [2.45, 2.75) is 13.3 Å². The molecule has 0 fully saturated rings. The van der Waals surface area contributed by atoms with Crippen molar-refractivity contribution < 1.29 is 14.5 Å². The van der Waals surface area contributed by atoms with Gasteiger partial charge in [-0.15, -0.1) is 0 Å². The lowest BCUT2D eigenvalue weighted by Crippen LogP contribution is -2.08. The fraction of sp³-hybridized carbons (Fsp3) is 0.300. The molecule has 5 nitrogen and oxygen atoms in total. The van der Waals surface area contributed by atoms with E-state index in [0.29, 0.717) is 10.2 Å². The quantitative estimate of drug-likeness (QED) is 0.366. The van der Waals surface area contributed by atoms with E-state index >= 15 is 0 Å². The number of rotatable bonds is 4. The van der Waals surface area contributed by atoms with Gasteiger partial charge < -0.3 is 4.74 Å². The molecule has 86 valence electrons. The van der Waals surface area contributed by atoms with Crippen LogP contribution in [0.25, 0.3) is 0 Å². The van der Waals surface area contributed by atoms with Crippen molar-refractivity contribution >= 4 is 34.2 Å². The molecule has 1 aromatic carbocycles. The van der Waals surface area contributed by atoms with E-state index in [1.807, 2.05) is 22.6 Å². The van der Waals surface area contributed by atoms with E-state index in [-0.39, 0.29) is 18.1 Å². The van der Waals surface area contributed by atoms with Crippen molar-refractivity contribution in [3.8, 4) is 0 Å². The summed E-state index contributed by atoms with van der Waals surface area (Å²) in [5.41, 5.74) is 0.765. The molecule has 0 aliphatic heterocycles. The van der Waals surface area contributed by atoms with Gasteiger partial charge in [0.05, 0.1) is 18.0 Å². The predicted molar refractivity (Wildman–Crippen MR) is 66.2 cm³/mol. The van der Waals surface area contributed by atoms with Crippen LogP contribution in [0.15, 0.2) is 18.2 Å². The molecule has 0 heterocycles. The third-order valence-electron chi connectivity index (χ3n) is 1.89. The first-order valence-corrected chi connectivity index (χ1v) is 5.71. The standard InChI is InChI=1S/C10H10INO4/c1-2-16-10(13)5-7-3-4-8(12(14)15)6-9(7)11/h3-4,6H,2,5H2,1H3. The van der Waals surface area contributed by atoms with Crippen molar-refractivity contribution in [1.29, 1.82) is 0 Å². The SMILES string of the molecule is CCOC(=O)Cc1ccc([N+](=O)[O-])cc1I. The number of nitro groups is 1. The van der Waals surface area contributed by atoms with Crippen molar-refractivity contribution in [3.63, 3.8) is 0 Å². The molecule has 1 aromatic rings.